The highest BCUT2D eigenvalue weighted by Gasteiger charge is 2.34. The summed E-state index contributed by atoms with van der Waals surface area (Å²) in [6.07, 6.45) is 4.41. The van der Waals surface area contributed by atoms with Crippen molar-refractivity contribution in [2.24, 2.45) is 0 Å². The van der Waals surface area contributed by atoms with Crippen LogP contribution >= 0.6 is 0 Å². The highest BCUT2D eigenvalue weighted by molar-refractivity contribution is 6.17. The van der Waals surface area contributed by atoms with E-state index in [1.807, 2.05) is 6.07 Å². The maximum absolute atomic E-state index is 12.6. The molecule has 0 aromatic carbocycles. The maximum atomic E-state index is 12.6. The normalized spacial score (nSPS) is 15.9. The first kappa shape index (κ1) is 21.4. The number of hydrogen-bond acceptors (Lipinski definition) is 5. The Bertz CT molecular complexity index is 1140. The highest BCUT2D eigenvalue weighted by Crippen LogP contribution is 2.27. The molecule has 148 valence electrons. The summed E-state index contributed by atoms with van der Waals surface area (Å²) in [7, 11) is 0. The second kappa shape index (κ2) is 8.41. The Morgan fingerprint density at radius 2 is 1.83 bits per heavy atom. The quantitative estimate of drug-likeness (QED) is 0.480. The van der Waals surface area contributed by atoms with E-state index in [9.17, 15) is 24.8 Å². The molecule has 1 N–H and O–H groups in total. The Balaban J connectivity index is 2.63. The summed E-state index contributed by atoms with van der Waals surface area (Å²) in [6, 6.07) is 1.86. The summed E-state index contributed by atoms with van der Waals surface area (Å²) in [6.45, 7) is 13.9. The fraction of sp³-hybridized carbons (Fsp3) is 0.286. The smallest absolute Gasteiger partial charge is 0.271 e. The molecule has 1 aromatic rings. The molecule has 0 saturated carbocycles. The van der Waals surface area contributed by atoms with E-state index in [1.165, 1.54) is 25.2 Å². The minimum Gasteiger partial charge on any atom is -0.494 e. The predicted octanol–water partition coefficient (Wildman–Crippen LogP) is 2.28. The Kier molecular flexibility index (Phi) is 6.20. The number of aromatic nitrogens is 1. The number of carbonyl (C=O) groups excluding carboxylic acids is 2. The Labute approximate surface area is 168 Å². The molecule has 2 rings (SSSR count). The first-order valence-electron chi connectivity index (χ1n) is 8.94. The molecule has 2 heterocycles. The van der Waals surface area contributed by atoms with E-state index in [0.29, 0.717) is 5.56 Å². The number of nitriles is 1. The fourth-order valence-electron chi connectivity index (χ4n) is 3.13. The molecule has 8 nitrogen and oxygen atoms in total. The van der Waals surface area contributed by atoms with Crippen LogP contribution in [0.15, 0.2) is 33.8 Å². The molecule has 8 heteroatoms. The third kappa shape index (κ3) is 3.48. The van der Waals surface area contributed by atoms with Crippen LogP contribution in [0.4, 0.5) is 0 Å². The van der Waals surface area contributed by atoms with Crippen LogP contribution in [0.1, 0.15) is 37.5 Å². The average molecular weight is 392 g/mol. The van der Waals surface area contributed by atoms with E-state index in [-0.39, 0.29) is 46.9 Å². The van der Waals surface area contributed by atoms with E-state index in [0.717, 1.165) is 9.47 Å². The molecule has 2 amide bonds. The van der Waals surface area contributed by atoms with Crippen LogP contribution in [-0.2, 0) is 16.1 Å². The van der Waals surface area contributed by atoms with Gasteiger partial charge in [0.05, 0.1) is 6.57 Å². The minimum atomic E-state index is -0.617. The Morgan fingerprint density at radius 3 is 2.34 bits per heavy atom. The van der Waals surface area contributed by atoms with Gasteiger partial charge in [0.1, 0.15) is 11.6 Å². The lowest BCUT2D eigenvalue weighted by atomic mass is 9.98. The average Bonchev–Trinajstić information content (AvgIpc) is 2.68. The van der Waals surface area contributed by atoms with Crippen molar-refractivity contribution in [2.75, 3.05) is 6.54 Å². The molecule has 0 saturated heterocycles. The third-order valence-corrected chi connectivity index (χ3v) is 4.80. The van der Waals surface area contributed by atoms with Gasteiger partial charge in [-0.3, -0.25) is 23.9 Å². The van der Waals surface area contributed by atoms with Crippen LogP contribution in [-0.4, -0.2) is 32.9 Å². The van der Waals surface area contributed by atoms with Crippen molar-refractivity contribution < 1.29 is 14.7 Å². The van der Waals surface area contributed by atoms with Gasteiger partial charge in [-0.05, 0) is 44.9 Å². The lowest BCUT2D eigenvalue weighted by Crippen LogP contribution is -2.42. The third-order valence-electron chi connectivity index (χ3n) is 4.80. The van der Waals surface area contributed by atoms with Gasteiger partial charge in [0.25, 0.3) is 23.1 Å². The molecule has 0 atom stereocenters. The number of allylic oxidation sites excluding steroid dienone is 2. The monoisotopic (exact) mass is 392 g/mol. The summed E-state index contributed by atoms with van der Waals surface area (Å²) in [5.41, 5.74) is 0.316. The number of imide groups is 1. The highest BCUT2D eigenvalue weighted by atomic mass is 16.3. The Hall–Kier alpha value is -3.91. The first-order valence-corrected chi connectivity index (χ1v) is 8.94. The van der Waals surface area contributed by atoms with Crippen LogP contribution < -0.4 is 5.56 Å². The number of rotatable bonds is 4. The van der Waals surface area contributed by atoms with Crippen LogP contribution in [0.2, 0.25) is 0 Å². The van der Waals surface area contributed by atoms with Crippen molar-refractivity contribution in [1.82, 2.24) is 9.47 Å². The molecule has 0 unspecified atom stereocenters. The van der Waals surface area contributed by atoms with Crippen LogP contribution in [0.3, 0.4) is 0 Å². The maximum Gasteiger partial charge on any atom is 0.271 e. The summed E-state index contributed by atoms with van der Waals surface area (Å²) < 4.78 is 1.09. The molecule has 29 heavy (non-hydrogen) atoms. The zero-order chi connectivity index (χ0) is 21.9. The summed E-state index contributed by atoms with van der Waals surface area (Å²) in [4.78, 5) is 41.3. The van der Waals surface area contributed by atoms with Gasteiger partial charge in [-0.15, -0.1) is 0 Å². The minimum absolute atomic E-state index is 0.0696. The van der Waals surface area contributed by atoms with Gasteiger partial charge in [0, 0.05) is 24.2 Å². The van der Waals surface area contributed by atoms with Gasteiger partial charge in [0.2, 0.25) is 5.88 Å². The van der Waals surface area contributed by atoms with E-state index >= 15 is 0 Å². The van der Waals surface area contributed by atoms with Crippen molar-refractivity contribution in [3.63, 3.8) is 0 Å². The fourth-order valence-corrected chi connectivity index (χ4v) is 3.13. The Morgan fingerprint density at radius 1 is 1.17 bits per heavy atom. The number of hydrogen-bond donors (Lipinski definition) is 1. The first-order chi connectivity index (χ1) is 13.7. The molecular formula is C21H20N4O4. The molecule has 1 aromatic heterocycles. The standard InChI is InChI=1S/C21H20N4O4/c1-6-24-18(26)14(12(3)16(11-22)20(24)28)9-8-10-15-13(4)17(23-5)21(29)25(7-2)19(15)27/h8-10,26H,6-7H2,1-4H3/b9-8?,15-10-. The summed E-state index contributed by atoms with van der Waals surface area (Å²) in [5.74, 6) is -1.41. The summed E-state index contributed by atoms with van der Waals surface area (Å²) in [5, 5.41) is 19.7. The van der Waals surface area contributed by atoms with Gasteiger partial charge >= 0.3 is 0 Å². The van der Waals surface area contributed by atoms with Gasteiger partial charge in [-0.2, -0.15) is 5.26 Å². The lowest BCUT2D eigenvalue weighted by molar-refractivity contribution is -0.140. The van der Waals surface area contributed by atoms with E-state index in [4.69, 9.17) is 6.57 Å². The molecule has 0 spiro atoms. The van der Waals surface area contributed by atoms with Crippen LogP contribution in [0.5, 0.6) is 5.88 Å². The number of aromatic hydroxyl groups is 1. The second-order valence-electron chi connectivity index (χ2n) is 6.28. The molecule has 1 aliphatic rings. The molecular weight excluding hydrogens is 372 g/mol. The van der Waals surface area contributed by atoms with Crippen molar-refractivity contribution in [3.8, 4) is 11.9 Å². The van der Waals surface area contributed by atoms with Crippen molar-refractivity contribution in [3.05, 3.63) is 67.5 Å². The lowest BCUT2D eigenvalue weighted by Gasteiger charge is -2.26. The largest absolute Gasteiger partial charge is 0.494 e. The van der Waals surface area contributed by atoms with Crippen molar-refractivity contribution in [2.45, 2.75) is 34.2 Å². The number of carbonyl (C=O) groups is 2. The SMILES string of the molecule is [C-]#[N+]C1=C(C)/C(=C/C=Cc2c(C)c(C#N)c(=O)n(CC)c2O)C(=O)N(CC)C1=O. The van der Waals surface area contributed by atoms with Gasteiger partial charge in [-0.1, -0.05) is 12.2 Å². The molecule has 0 bridgehead atoms. The van der Waals surface area contributed by atoms with Crippen molar-refractivity contribution >= 4 is 17.9 Å². The zero-order valence-corrected chi connectivity index (χ0v) is 16.6. The van der Waals surface area contributed by atoms with E-state index in [2.05, 4.69) is 4.85 Å². The molecule has 0 radical (unpaired) electrons. The van der Waals surface area contributed by atoms with Crippen LogP contribution in [0.25, 0.3) is 10.9 Å². The molecule has 0 fully saturated rings. The molecule has 1 aliphatic heterocycles. The topological polar surface area (TPSA) is 108 Å². The molecule has 0 aliphatic carbocycles. The number of likely N-dealkylation sites (N-methyl/N-ethyl adjacent to an activating group) is 1. The summed E-state index contributed by atoms with van der Waals surface area (Å²) >= 11 is 0. The number of nitrogens with zero attached hydrogens (tertiary/aromatic N) is 4. The number of pyridine rings is 1. The second-order valence-corrected chi connectivity index (χ2v) is 6.28. The zero-order valence-electron chi connectivity index (χ0n) is 16.6. The van der Waals surface area contributed by atoms with E-state index in [1.54, 1.807) is 20.8 Å². The van der Waals surface area contributed by atoms with Gasteiger partial charge in [-0.25, -0.2) is 4.85 Å². The van der Waals surface area contributed by atoms with Gasteiger partial charge in [0.15, 0.2) is 0 Å². The predicted molar refractivity (Wildman–Crippen MR) is 106 cm³/mol. The van der Waals surface area contributed by atoms with Crippen LogP contribution in [0, 0.1) is 24.8 Å². The number of amides is 2. The van der Waals surface area contributed by atoms with E-state index < -0.39 is 17.4 Å². The van der Waals surface area contributed by atoms with Gasteiger partial charge < -0.3 is 5.11 Å². The van der Waals surface area contributed by atoms with Crippen molar-refractivity contribution in [1.29, 1.82) is 5.26 Å².